The summed E-state index contributed by atoms with van der Waals surface area (Å²) < 4.78 is 39.9. The Morgan fingerprint density at radius 3 is 2.75 bits per heavy atom. The van der Waals surface area contributed by atoms with E-state index in [-0.39, 0.29) is 17.2 Å². The summed E-state index contributed by atoms with van der Waals surface area (Å²) in [5, 5.41) is 8.87. The van der Waals surface area contributed by atoms with Crippen molar-refractivity contribution in [1.29, 1.82) is 5.41 Å². The fourth-order valence-electron chi connectivity index (χ4n) is 1.52. The van der Waals surface area contributed by atoms with E-state index >= 15 is 0 Å². The highest BCUT2D eigenvalue weighted by atomic mass is 35.5. The van der Waals surface area contributed by atoms with Gasteiger partial charge in [-0.05, 0) is 18.9 Å². The minimum atomic E-state index is -4.69. The molecular formula is C9H9ClF3NOS. The molecule has 2 unspecified atom stereocenters. The van der Waals surface area contributed by atoms with Gasteiger partial charge in [-0.25, -0.2) is 0 Å². The van der Waals surface area contributed by atoms with Crippen molar-refractivity contribution in [1.82, 2.24) is 0 Å². The number of thiocarbonyl (C=S) groups is 1. The minimum Gasteiger partial charge on any atom is -0.304 e. The van der Waals surface area contributed by atoms with Crippen molar-refractivity contribution in [3.63, 3.8) is 0 Å². The predicted molar refractivity (Wildman–Crippen MR) is 59.0 cm³/mol. The average Bonchev–Trinajstić information content (AvgIpc) is 2.12. The fraction of sp³-hybridized carbons (Fsp3) is 0.556. The van der Waals surface area contributed by atoms with E-state index in [9.17, 15) is 13.2 Å². The van der Waals surface area contributed by atoms with Crippen LogP contribution in [0.4, 0.5) is 13.2 Å². The second-order valence-electron chi connectivity index (χ2n) is 3.43. The summed E-state index contributed by atoms with van der Waals surface area (Å²) in [6.07, 6.45) is -4.20. The number of nitrogens with one attached hydrogen (secondary N) is 1. The molecule has 16 heavy (non-hydrogen) atoms. The van der Waals surface area contributed by atoms with Crippen LogP contribution in [0, 0.1) is 11.3 Å². The standard InChI is InChI=1S/C9H9ClF3NOS/c10-6-1-5(8(14)4-16)2-7(3-6)15-9(11,12)13/h3-5,7,14H,1-2H2. The smallest absolute Gasteiger partial charge is 0.304 e. The van der Waals surface area contributed by atoms with Gasteiger partial charge in [0, 0.05) is 22.0 Å². The number of ether oxygens (including phenoxy) is 1. The van der Waals surface area contributed by atoms with Crippen LogP contribution >= 0.6 is 23.8 Å². The molecule has 1 aliphatic rings. The summed E-state index contributed by atoms with van der Waals surface area (Å²) in [6, 6.07) is 0. The topological polar surface area (TPSA) is 33.1 Å². The highest BCUT2D eigenvalue weighted by Gasteiger charge is 2.36. The van der Waals surface area contributed by atoms with Gasteiger partial charge in [-0.3, -0.25) is 4.74 Å². The summed E-state index contributed by atoms with van der Waals surface area (Å²) >= 11 is 10.3. The molecule has 7 heteroatoms. The molecule has 0 radical (unpaired) electrons. The maximum Gasteiger partial charge on any atom is 0.523 e. The van der Waals surface area contributed by atoms with Crippen LogP contribution in [0.2, 0.25) is 0 Å². The van der Waals surface area contributed by atoms with E-state index in [4.69, 9.17) is 17.0 Å². The van der Waals surface area contributed by atoms with E-state index in [1.54, 1.807) is 0 Å². The fourth-order valence-corrected chi connectivity index (χ4v) is 2.04. The van der Waals surface area contributed by atoms with Crippen molar-refractivity contribution in [2.75, 3.05) is 0 Å². The second-order valence-corrected chi connectivity index (χ2v) is 4.15. The number of hydrogen-bond donors (Lipinski definition) is 1. The molecule has 90 valence electrons. The third-order valence-corrected chi connectivity index (χ3v) is 2.71. The Hall–Kier alpha value is -0.460. The molecule has 0 aromatic heterocycles. The Bertz CT molecular complexity index is 329. The largest absolute Gasteiger partial charge is 0.523 e. The molecule has 0 saturated carbocycles. The molecule has 0 heterocycles. The molecule has 1 N–H and O–H groups in total. The molecule has 0 saturated heterocycles. The van der Waals surface area contributed by atoms with Crippen LogP contribution in [0.5, 0.6) is 0 Å². The van der Waals surface area contributed by atoms with Crippen molar-refractivity contribution in [2.45, 2.75) is 25.3 Å². The summed E-state index contributed by atoms with van der Waals surface area (Å²) in [4.78, 5) is 0. The zero-order valence-corrected chi connectivity index (χ0v) is 9.62. The zero-order valence-electron chi connectivity index (χ0n) is 8.05. The first kappa shape index (κ1) is 13.6. The number of halogens is 4. The number of hydrogen-bond acceptors (Lipinski definition) is 3. The van der Waals surface area contributed by atoms with Crippen molar-refractivity contribution in [2.24, 2.45) is 5.92 Å². The van der Waals surface area contributed by atoms with Gasteiger partial charge in [0.05, 0.1) is 6.10 Å². The molecule has 1 aliphatic carbocycles. The Balaban J connectivity index is 2.71. The third-order valence-electron chi connectivity index (χ3n) is 2.18. The predicted octanol–water partition coefficient (Wildman–Crippen LogP) is 3.44. The van der Waals surface area contributed by atoms with Crippen molar-refractivity contribution < 1.29 is 17.9 Å². The maximum absolute atomic E-state index is 12.0. The molecule has 0 fully saturated rings. The SMILES string of the molecule is N=C(C=S)C1CC(Cl)=CC(OC(F)(F)F)C1. The van der Waals surface area contributed by atoms with Crippen LogP contribution in [-0.2, 0) is 4.74 Å². The molecule has 0 bridgehead atoms. The van der Waals surface area contributed by atoms with Crippen LogP contribution in [-0.4, -0.2) is 23.5 Å². The van der Waals surface area contributed by atoms with Gasteiger partial charge >= 0.3 is 6.36 Å². The van der Waals surface area contributed by atoms with Crippen molar-refractivity contribution in [3.05, 3.63) is 11.1 Å². The Kier molecular flexibility index (Phi) is 4.46. The maximum atomic E-state index is 12.0. The van der Waals surface area contributed by atoms with Crippen LogP contribution in [0.3, 0.4) is 0 Å². The lowest BCUT2D eigenvalue weighted by molar-refractivity contribution is -0.337. The van der Waals surface area contributed by atoms with Crippen LogP contribution < -0.4 is 0 Å². The van der Waals surface area contributed by atoms with Gasteiger partial charge < -0.3 is 5.41 Å². The lowest BCUT2D eigenvalue weighted by Gasteiger charge is -2.26. The van der Waals surface area contributed by atoms with Gasteiger partial charge in [0.1, 0.15) is 0 Å². The minimum absolute atomic E-state index is 0.0711. The highest BCUT2D eigenvalue weighted by Crippen LogP contribution is 2.32. The molecule has 0 spiro atoms. The van der Waals surface area contributed by atoms with Gasteiger partial charge in [0.25, 0.3) is 0 Å². The van der Waals surface area contributed by atoms with Gasteiger partial charge in [-0.1, -0.05) is 23.8 Å². The molecule has 1 rings (SSSR count). The van der Waals surface area contributed by atoms with Gasteiger partial charge in [-0.15, -0.1) is 13.2 Å². The first-order valence-electron chi connectivity index (χ1n) is 4.46. The van der Waals surface area contributed by atoms with E-state index < -0.39 is 18.4 Å². The molecule has 2 atom stereocenters. The average molecular weight is 272 g/mol. The van der Waals surface area contributed by atoms with Gasteiger partial charge in [0.2, 0.25) is 0 Å². The molecule has 2 nitrogen and oxygen atoms in total. The molecule has 0 amide bonds. The zero-order chi connectivity index (χ0) is 12.3. The molecular weight excluding hydrogens is 263 g/mol. The monoisotopic (exact) mass is 271 g/mol. The van der Waals surface area contributed by atoms with E-state index in [2.05, 4.69) is 17.0 Å². The van der Waals surface area contributed by atoms with E-state index in [0.29, 0.717) is 6.42 Å². The number of rotatable bonds is 3. The van der Waals surface area contributed by atoms with Gasteiger partial charge in [0.15, 0.2) is 0 Å². The summed E-state index contributed by atoms with van der Waals surface area (Å²) in [5.41, 5.74) is 0.108. The first-order chi connectivity index (χ1) is 7.31. The third kappa shape index (κ3) is 4.19. The van der Waals surface area contributed by atoms with E-state index in [0.717, 1.165) is 5.37 Å². The Morgan fingerprint density at radius 1 is 1.62 bits per heavy atom. The molecule has 0 aliphatic heterocycles. The molecule has 0 aromatic carbocycles. The lowest BCUT2D eigenvalue weighted by Crippen LogP contribution is -2.30. The normalized spacial score (nSPS) is 26.1. The second kappa shape index (κ2) is 5.25. The first-order valence-corrected chi connectivity index (χ1v) is 5.31. The summed E-state index contributed by atoms with van der Waals surface area (Å²) in [5.74, 6) is -0.401. The van der Waals surface area contributed by atoms with E-state index in [1.165, 1.54) is 6.08 Å². The number of alkyl halides is 3. The number of allylic oxidation sites excluding steroid dienone is 1. The highest BCUT2D eigenvalue weighted by molar-refractivity contribution is 7.80. The lowest BCUT2D eigenvalue weighted by atomic mass is 9.89. The van der Waals surface area contributed by atoms with Gasteiger partial charge in [-0.2, -0.15) is 0 Å². The quantitative estimate of drug-likeness (QED) is 0.630. The van der Waals surface area contributed by atoms with E-state index in [1.807, 2.05) is 0 Å². The van der Waals surface area contributed by atoms with Crippen molar-refractivity contribution >= 4 is 34.9 Å². The molecule has 0 aromatic rings. The summed E-state index contributed by atoms with van der Waals surface area (Å²) in [6.45, 7) is 0. The Morgan fingerprint density at radius 2 is 2.25 bits per heavy atom. The van der Waals surface area contributed by atoms with Crippen molar-refractivity contribution in [3.8, 4) is 0 Å². The Labute approximate surface area is 101 Å². The summed E-state index contributed by atoms with van der Waals surface area (Å²) in [7, 11) is 0. The van der Waals surface area contributed by atoms with Crippen LogP contribution in [0.25, 0.3) is 0 Å². The van der Waals surface area contributed by atoms with Crippen LogP contribution in [0.15, 0.2) is 11.1 Å². The van der Waals surface area contributed by atoms with Crippen LogP contribution in [0.1, 0.15) is 12.8 Å².